The molecule has 0 aromatic heterocycles. The van der Waals surface area contributed by atoms with Crippen molar-refractivity contribution in [3.8, 4) is 0 Å². The lowest BCUT2D eigenvalue weighted by atomic mass is 10.2. The van der Waals surface area contributed by atoms with Crippen LogP contribution in [-0.2, 0) is 19.1 Å². The standard InChI is InChI=1S/C11H10O4/c1-14-11(13)10(15-8-12)7-9-5-3-2-4-6-9/h2-8H,1H3. The highest BCUT2D eigenvalue weighted by Gasteiger charge is 2.10. The van der Waals surface area contributed by atoms with E-state index in [1.807, 2.05) is 18.2 Å². The Bertz CT molecular complexity index is 367. The molecule has 1 aromatic rings. The van der Waals surface area contributed by atoms with E-state index in [9.17, 15) is 9.59 Å². The van der Waals surface area contributed by atoms with Gasteiger partial charge in [0.15, 0.2) is 0 Å². The number of ether oxygens (including phenoxy) is 2. The largest absolute Gasteiger partial charge is 0.463 e. The zero-order valence-corrected chi connectivity index (χ0v) is 8.17. The van der Waals surface area contributed by atoms with E-state index in [0.29, 0.717) is 0 Å². The maximum absolute atomic E-state index is 11.1. The van der Waals surface area contributed by atoms with E-state index in [-0.39, 0.29) is 12.2 Å². The van der Waals surface area contributed by atoms with Gasteiger partial charge in [0.05, 0.1) is 7.11 Å². The predicted molar refractivity (Wildman–Crippen MR) is 53.6 cm³/mol. The Hall–Kier alpha value is -2.10. The number of carbonyl (C=O) groups is 2. The van der Waals surface area contributed by atoms with Crippen molar-refractivity contribution in [2.24, 2.45) is 0 Å². The van der Waals surface area contributed by atoms with E-state index in [4.69, 9.17) is 0 Å². The van der Waals surface area contributed by atoms with Gasteiger partial charge >= 0.3 is 5.97 Å². The highest BCUT2D eigenvalue weighted by atomic mass is 16.6. The number of rotatable bonds is 4. The minimum absolute atomic E-state index is 0.140. The third-order valence-electron chi connectivity index (χ3n) is 1.66. The fraction of sp³-hybridized carbons (Fsp3) is 0.0909. The minimum Gasteiger partial charge on any atom is -0.463 e. The smallest absolute Gasteiger partial charge is 0.374 e. The molecule has 0 atom stereocenters. The van der Waals surface area contributed by atoms with Crippen molar-refractivity contribution in [2.75, 3.05) is 7.11 Å². The Balaban J connectivity index is 2.93. The van der Waals surface area contributed by atoms with Crippen molar-refractivity contribution in [1.29, 1.82) is 0 Å². The van der Waals surface area contributed by atoms with Gasteiger partial charge in [-0.1, -0.05) is 30.3 Å². The topological polar surface area (TPSA) is 52.6 Å². The van der Waals surface area contributed by atoms with Crippen LogP contribution in [0.3, 0.4) is 0 Å². The molecule has 0 fully saturated rings. The van der Waals surface area contributed by atoms with Crippen LogP contribution in [0.2, 0.25) is 0 Å². The lowest BCUT2D eigenvalue weighted by Crippen LogP contribution is -2.07. The molecule has 0 unspecified atom stereocenters. The first-order valence-electron chi connectivity index (χ1n) is 4.23. The number of esters is 1. The number of hydrogen-bond donors (Lipinski definition) is 0. The highest BCUT2D eigenvalue weighted by molar-refractivity contribution is 5.92. The van der Waals surface area contributed by atoms with Crippen molar-refractivity contribution in [3.63, 3.8) is 0 Å². The second-order valence-electron chi connectivity index (χ2n) is 2.62. The summed E-state index contributed by atoms with van der Waals surface area (Å²) in [5.41, 5.74) is 0.750. The summed E-state index contributed by atoms with van der Waals surface area (Å²) in [7, 11) is 1.22. The van der Waals surface area contributed by atoms with E-state index in [2.05, 4.69) is 9.47 Å². The van der Waals surface area contributed by atoms with Crippen molar-refractivity contribution in [3.05, 3.63) is 41.7 Å². The van der Waals surface area contributed by atoms with E-state index in [1.54, 1.807) is 12.1 Å². The quantitative estimate of drug-likeness (QED) is 0.323. The SMILES string of the molecule is COC(=O)C(=Cc1ccccc1)OC=O. The lowest BCUT2D eigenvalue weighted by molar-refractivity contribution is -0.143. The van der Waals surface area contributed by atoms with Crippen LogP contribution in [0, 0.1) is 0 Å². The van der Waals surface area contributed by atoms with Crippen molar-refractivity contribution in [1.82, 2.24) is 0 Å². The van der Waals surface area contributed by atoms with Gasteiger partial charge in [0, 0.05) is 0 Å². The first kappa shape index (κ1) is 11.0. The van der Waals surface area contributed by atoms with Gasteiger partial charge in [-0.05, 0) is 11.6 Å². The summed E-state index contributed by atoms with van der Waals surface area (Å²) in [4.78, 5) is 21.3. The van der Waals surface area contributed by atoms with Crippen molar-refractivity contribution < 1.29 is 19.1 Å². The van der Waals surface area contributed by atoms with E-state index >= 15 is 0 Å². The van der Waals surface area contributed by atoms with Crippen LogP contribution in [-0.4, -0.2) is 19.6 Å². The van der Waals surface area contributed by atoms with Gasteiger partial charge in [0.1, 0.15) is 0 Å². The summed E-state index contributed by atoms with van der Waals surface area (Å²) in [5.74, 6) is -0.829. The molecule has 0 bridgehead atoms. The molecule has 1 rings (SSSR count). The molecule has 0 aliphatic heterocycles. The molecule has 0 saturated heterocycles. The molecule has 0 aliphatic carbocycles. The molecular weight excluding hydrogens is 196 g/mol. The van der Waals surface area contributed by atoms with Gasteiger partial charge in [-0.3, -0.25) is 4.79 Å². The van der Waals surface area contributed by atoms with Crippen LogP contribution in [0.4, 0.5) is 0 Å². The Morgan fingerprint density at radius 3 is 2.47 bits per heavy atom. The molecular formula is C11H10O4. The number of methoxy groups -OCH3 is 1. The summed E-state index contributed by atoms with van der Waals surface area (Å²) in [6.07, 6.45) is 1.43. The molecule has 0 amide bonds. The molecule has 0 N–H and O–H groups in total. The second kappa shape index (κ2) is 5.59. The number of carbonyl (C=O) groups excluding carboxylic acids is 2. The fourth-order valence-electron chi connectivity index (χ4n) is 0.994. The summed E-state index contributed by atoms with van der Waals surface area (Å²) in [5, 5.41) is 0. The Labute approximate surface area is 87.1 Å². The Morgan fingerprint density at radius 2 is 1.93 bits per heavy atom. The molecule has 1 aromatic carbocycles. The predicted octanol–water partition coefficient (Wildman–Crippen LogP) is 1.37. The first-order chi connectivity index (χ1) is 7.27. The van der Waals surface area contributed by atoms with Gasteiger partial charge in [0.25, 0.3) is 6.47 Å². The number of benzene rings is 1. The summed E-state index contributed by atoms with van der Waals surface area (Å²) < 4.78 is 8.95. The molecule has 15 heavy (non-hydrogen) atoms. The van der Waals surface area contributed by atoms with Crippen LogP contribution in [0.1, 0.15) is 5.56 Å². The Kier molecular flexibility index (Phi) is 4.09. The molecule has 0 heterocycles. The maximum atomic E-state index is 11.1. The zero-order valence-electron chi connectivity index (χ0n) is 8.17. The molecule has 4 heteroatoms. The molecule has 78 valence electrons. The first-order valence-corrected chi connectivity index (χ1v) is 4.23. The lowest BCUT2D eigenvalue weighted by Gasteiger charge is -2.01. The van der Waals surface area contributed by atoms with Crippen LogP contribution in [0.5, 0.6) is 0 Å². The van der Waals surface area contributed by atoms with Crippen molar-refractivity contribution >= 4 is 18.5 Å². The number of hydrogen-bond acceptors (Lipinski definition) is 4. The minimum atomic E-state index is -0.689. The monoisotopic (exact) mass is 206 g/mol. The van der Waals surface area contributed by atoms with Gasteiger partial charge in [-0.25, -0.2) is 4.79 Å². The Morgan fingerprint density at radius 1 is 1.27 bits per heavy atom. The van der Waals surface area contributed by atoms with Crippen molar-refractivity contribution in [2.45, 2.75) is 0 Å². The normalized spacial score (nSPS) is 10.6. The average molecular weight is 206 g/mol. The molecule has 0 radical (unpaired) electrons. The summed E-state index contributed by atoms with van der Waals surface area (Å²) >= 11 is 0. The summed E-state index contributed by atoms with van der Waals surface area (Å²) in [6.45, 7) is 0.186. The maximum Gasteiger partial charge on any atom is 0.374 e. The fourth-order valence-corrected chi connectivity index (χ4v) is 0.994. The van der Waals surface area contributed by atoms with Gasteiger partial charge < -0.3 is 9.47 Å². The van der Waals surface area contributed by atoms with Gasteiger partial charge in [-0.2, -0.15) is 0 Å². The second-order valence-corrected chi connectivity index (χ2v) is 2.62. The molecule has 0 saturated carbocycles. The van der Waals surface area contributed by atoms with Crippen LogP contribution >= 0.6 is 0 Å². The summed E-state index contributed by atoms with van der Waals surface area (Å²) in [6, 6.07) is 9.01. The van der Waals surface area contributed by atoms with Gasteiger partial charge in [-0.15, -0.1) is 0 Å². The third kappa shape index (κ3) is 3.27. The molecule has 0 spiro atoms. The van der Waals surface area contributed by atoms with E-state index < -0.39 is 5.97 Å². The van der Waals surface area contributed by atoms with E-state index in [1.165, 1.54) is 13.2 Å². The van der Waals surface area contributed by atoms with Gasteiger partial charge in [0.2, 0.25) is 5.76 Å². The molecule has 0 aliphatic rings. The zero-order chi connectivity index (χ0) is 11.1. The van der Waals surface area contributed by atoms with Crippen LogP contribution in [0.15, 0.2) is 36.1 Å². The third-order valence-corrected chi connectivity index (χ3v) is 1.66. The van der Waals surface area contributed by atoms with E-state index in [0.717, 1.165) is 5.56 Å². The molecule has 4 nitrogen and oxygen atoms in total. The van der Waals surface area contributed by atoms with Crippen LogP contribution in [0.25, 0.3) is 6.08 Å². The highest BCUT2D eigenvalue weighted by Crippen LogP contribution is 2.08. The average Bonchev–Trinajstić information content (AvgIpc) is 2.29. The van der Waals surface area contributed by atoms with Crippen LogP contribution < -0.4 is 0 Å².